The third-order valence-corrected chi connectivity index (χ3v) is 3.19. The van der Waals surface area contributed by atoms with Crippen molar-refractivity contribution in [3.8, 4) is 0 Å². The second-order valence-electron chi connectivity index (χ2n) is 4.64. The number of carbonyl (C=O) groups excluding carboxylic acids is 1. The summed E-state index contributed by atoms with van der Waals surface area (Å²) >= 11 is 0. The number of hydrogen-bond donors (Lipinski definition) is 1. The Balaban J connectivity index is 2.27. The zero-order valence-corrected chi connectivity index (χ0v) is 10.8. The van der Waals surface area contributed by atoms with Crippen LogP contribution in [0, 0.1) is 0 Å². The van der Waals surface area contributed by atoms with Crippen molar-refractivity contribution in [2.75, 3.05) is 18.0 Å². The fourth-order valence-corrected chi connectivity index (χ4v) is 2.32. The molecule has 1 aromatic heterocycles. The van der Waals surface area contributed by atoms with Crippen LogP contribution in [0.3, 0.4) is 0 Å². The number of pyridine rings is 1. The van der Waals surface area contributed by atoms with Gasteiger partial charge in [-0.2, -0.15) is 0 Å². The number of aromatic nitrogens is 1. The van der Waals surface area contributed by atoms with Crippen molar-refractivity contribution in [2.45, 2.75) is 32.5 Å². The minimum atomic E-state index is -0.440. The van der Waals surface area contributed by atoms with Gasteiger partial charge in [-0.3, -0.25) is 9.78 Å². The van der Waals surface area contributed by atoms with Crippen LogP contribution >= 0.6 is 0 Å². The molecule has 1 aromatic rings. The van der Waals surface area contributed by atoms with Crippen LogP contribution in [0.2, 0.25) is 0 Å². The molecule has 0 radical (unpaired) electrons. The van der Waals surface area contributed by atoms with Crippen LogP contribution in [0.5, 0.6) is 0 Å². The molecule has 1 saturated heterocycles. The highest BCUT2D eigenvalue weighted by Crippen LogP contribution is 2.24. The number of morpholine rings is 1. The Morgan fingerprint density at radius 3 is 3.06 bits per heavy atom. The SMILES string of the molecule is CCC1CN(c2ccncc2C(N)=O)CC(C)O1. The summed E-state index contributed by atoms with van der Waals surface area (Å²) in [6.07, 6.45) is 4.51. The summed E-state index contributed by atoms with van der Waals surface area (Å²) in [6, 6.07) is 1.84. The molecule has 1 aliphatic rings. The minimum absolute atomic E-state index is 0.151. The maximum Gasteiger partial charge on any atom is 0.252 e. The fraction of sp³-hybridized carbons (Fsp3) is 0.538. The van der Waals surface area contributed by atoms with Crippen molar-refractivity contribution < 1.29 is 9.53 Å². The Morgan fingerprint density at radius 1 is 1.61 bits per heavy atom. The number of hydrogen-bond acceptors (Lipinski definition) is 4. The van der Waals surface area contributed by atoms with Gasteiger partial charge < -0.3 is 15.4 Å². The first-order valence-electron chi connectivity index (χ1n) is 6.26. The van der Waals surface area contributed by atoms with E-state index >= 15 is 0 Å². The molecule has 2 unspecified atom stereocenters. The molecule has 0 aliphatic carbocycles. The van der Waals surface area contributed by atoms with Crippen molar-refractivity contribution in [1.82, 2.24) is 4.98 Å². The van der Waals surface area contributed by atoms with Gasteiger partial charge in [0.05, 0.1) is 23.5 Å². The van der Waals surface area contributed by atoms with Gasteiger partial charge in [-0.25, -0.2) is 0 Å². The third-order valence-electron chi connectivity index (χ3n) is 3.19. The largest absolute Gasteiger partial charge is 0.372 e. The Labute approximate surface area is 107 Å². The molecule has 5 nitrogen and oxygen atoms in total. The minimum Gasteiger partial charge on any atom is -0.372 e. The topological polar surface area (TPSA) is 68.5 Å². The second kappa shape index (κ2) is 5.35. The first-order chi connectivity index (χ1) is 8.61. The average molecular weight is 249 g/mol. The van der Waals surface area contributed by atoms with Crippen LogP contribution in [0.15, 0.2) is 18.5 Å². The average Bonchev–Trinajstić information content (AvgIpc) is 2.38. The van der Waals surface area contributed by atoms with Crippen LogP contribution in [-0.2, 0) is 4.74 Å². The molecule has 2 rings (SSSR count). The molecule has 2 heterocycles. The molecule has 0 spiro atoms. The lowest BCUT2D eigenvalue weighted by molar-refractivity contribution is -0.0172. The third kappa shape index (κ3) is 2.61. The van der Waals surface area contributed by atoms with E-state index < -0.39 is 5.91 Å². The molecular formula is C13H19N3O2. The molecule has 0 aromatic carbocycles. The Bertz CT molecular complexity index is 436. The number of primary amides is 1. The molecule has 0 bridgehead atoms. The van der Waals surface area contributed by atoms with Crippen molar-refractivity contribution in [2.24, 2.45) is 5.73 Å². The summed E-state index contributed by atoms with van der Waals surface area (Å²) in [7, 11) is 0. The molecular weight excluding hydrogens is 230 g/mol. The zero-order chi connectivity index (χ0) is 13.1. The summed E-state index contributed by atoms with van der Waals surface area (Å²) in [5.74, 6) is -0.440. The van der Waals surface area contributed by atoms with E-state index in [2.05, 4.69) is 16.8 Å². The van der Waals surface area contributed by atoms with Crippen LogP contribution in [0.25, 0.3) is 0 Å². The van der Waals surface area contributed by atoms with Crippen molar-refractivity contribution in [3.63, 3.8) is 0 Å². The van der Waals surface area contributed by atoms with E-state index in [1.165, 1.54) is 6.20 Å². The standard InChI is InChI=1S/C13H19N3O2/c1-3-10-8-16(7-9(2)18-10)12-4-5-15-6-11(12)13(14)17/h4-6,9-10H,3,7-8H2,1-2H3,(H2,14,17). The molecule has 18 heavy (non-hydrogen) atoms. The van der Waals surface area contributed by atoms with Crippen LogP contribution in [-0.4, -0.2) is 36.2 Å². The number of rotatable bonds is 3. The predicted molar refractivity (Wildman–Crippen MR) is 69.6 cm³/mol. The Kier molecular flexibility index (Phi) is 3.81. The van der Waals surface area contributed by atoms with Crippen molar-refractivity contribution in [1.29, 1.82) is 0 Å². The first kappa shape index (κ1) is 12.8. The lowest BCUT2D eigenvalue weighted by atomic mass is 10.1. The highest BCUT2D eigenvalue weighted by molar-refractivity contribution is 5.98. The fourth-order valence-electron chi connectivity index (χ4n) is 2.32. The summed E-state index contributed by atoms with van der Waals surface area (Å²) < 4.78 is 5.81. The van der Waals surface area contributed by atoms with E-state index in [1.807, 2.05) is 13.0 Å². The van der Waals surface area contributed by atoms with Crippen molar-refractivity contribution >= 4 is 11.6 Å². The van der Waals surface area contributed by atoms with Gasteiger partial charge in [0.2, 0.25) is 0 Å². The van der Waals surface area contributed by atoms with Gasteiger partial charge in [-0.15, -0.1) is 0 Å². The normalized spacial score (nSPS) is 24.0. The number of amides is 1. The monoisotopic (exact) mass is 249 g/mol. The summed E-state index contributed by atoms with van der Waals surface area (Å²) in [5, 5.41) is 0. The second-order valence-corrected chi connectivity index (χ2v) is 4.64. The smallest absolute Gasteiger partial charge is 0.252 e. The lowest BCUT2D eigenvalue weighted by Crippen LogP contribution is -2.47. The number of nitrogens with two attached hydrogens (primary N) is 1. The molecule has 98 valence electrons. The summed E-state index contributed by atoms with van der Waals surface area (Å²) in [4.78, 5) is 17.5. The molecule has 5 heteroatoms. The highest BCUT2D eigenvalue weighted by Gasteiger charge is 2.26. The van der Waals surface area contributed by atoms with Gasteiger partial charge in [0.15, 0.2) is 0 Å². The number of carbonyl (C=O) groups is 1. The number of ether oxygens (including phenoxy) is 1. The molecule has 2 N–H and O–H groups in total. The maximum absolute atomic E-state index is 11.4. The molecule has 1 aliphatic heterocycles. The number of anilines is 1. The van der Waals surface area contributed by atoms with Gasteiger partial charge in [0.1, 0.15) is 0 Å². The quantitative estimate of drug-likeness (QED) is 0.873. The Morgan fingerprint density at radius 2 is 2.39 bits per heavy atom. The van der Waals surface area contributed by atoms with Gasteiger partial charge >= 0.3 is 0 Å². The highest BCUT2D eigenvalue weighted by atomic mass is 16.5. The summed E-state index contributed by atoms with van der Waals surface area (Å²) in [6.45, 7) is 5.69. The predicted octanol–water partition coefficient (Wildman–Crippen LogP) is 1.18. The van der Waals surface area contributed by atoms with E-state index in [4.69, 9.17) is 10.5 Å². The van der Waals surface area contributed by atoms with E-state index in [9.17, 15) is 4.79 Å². The van der Waals surface area contributed by atoms with E-state index in [0.717, 1.165) is 25.2 Å². The Hall–Kier alpha value is -1.62. The van der Waals surface area contributed by atoms with Crippen molar-refractivity contribution in [3.05, 3.63) is 24.0 Å². The van der Waals surface area contributed by atoms with Gasteiger partial charge in [0, 0.05) is 25.5 Å². The lowest BCUT2D eigenvalue weighted by Gasteiger charge is -2.38. The summed E-state index contributed by atoms with van der Waals surface area (Å²) in [5.41, 5.74) is 6.71. The van der Waals surface area contributed by atoms with E-state index in [0.29, 0.717) is 5.56 Å². The van der Waals surface area contributed by atoms with Gasteiger partial charge in [-0.1, -0.05) is 6.92 Å². The van der Waals surface area contributed by atoms with E-state index in [1.54, 1.807) is 6.20 Å². The van der Waals surface area contributed by atoms with Gasteiger partial charge in [0.25, 0.3) is 5.91 Å². The molecule has 1 amide bonds. The van der Waals surface area contributed by atoms with Crippen LogP contribution in [0.1, 0.15) is 30.6 Å². The molecule has 2 atom stereocenters. The molecule has 0 saturated carbocycles. The maximum atomic E-state index is 11.4. The van der Waals surface area contributed by atoms with Crippen LogP contribution < -0.4 is 10.6 Å². The zero-order valence-electron chi connectivity index (χ0n) is 10.8. The first-order valence-corrected chi connectivity index (χ1v) is 6.26. The van der Waals surface area contributed by atoms with E-state index in [-0.39, 0.29) is 12.2 Å². The number of nitrogens with zero attached hydrogens (tertiary/aromatic N) is 2. The van der Waals surface area contributed by atoms with Gasteiger partial charge in [-0.05, 0) is 19.4 Å². The van der Waals surface area contributed by atoms with Crippen LogP contribution in [0.4, 0.5) is 5.69 Å². The molecule has 1 fully saturated rings.